The van der Waals surface area contributed by atoms with Crippen LogP contribution in [0.25, 0.3) is 0 Å². The van der Waals surface area contributed by atoms with Gasteiger partial charge in [-0.2, -0.15) is 10.1 Å². The minimum absolute atomic E-state index is 0.188. The predicted octanol–water partition coefficient (Wildman–Crippen LogP) is 3.33. The normalized spacial score (nSPS) is 15.6. The second-order valence-electron chi connectivity index (χ2n) is 6.85. The summed E-state index contributed by atoms with van der Waals surface area (Å²) in [5.41, 5.74) is 2.09. The second-order valence-corrected chi connectivity index (χ2v) is 6.85. The molecule has 1 aliphatic rings. The number of ether oxygens (including phenoxy) is 3. The van der Waals surface area contributed by atoms with Crippen molar-refractivity contribution >= 4 is 11.9 Å². The summed E-state index contributed by atoms with van der Waals surface area (Å²) in [7, 11) is 1.57. The zero-order valence-electron chi connectivity index (χ0n) is 17.2. The van der Waals surface area contributed by atoms with Gasteiger partial charge in [0.1, 0.15) is 24.7 Å². The topological polar surface area (TPSA) is 87.5 Å². The van der Waals surface area contributed by atoms with Crippen LogP contribution in [0.15, 0.2) is 41.9 Å². The van der Waals surface area contributed by atoms with E-state index in [-0.39, 0.29) is 6.61 Å². The van der Waals surface area contributed by atoms with Crippen molar-refractivity contribution in [2.45, 2.75) is 39.2 Å². The lowest BCUT2D eigenvalue weighted by molar-refractivity contribution is -0.140. The van der Waals surface area contributed by atoms with E-state index in [1.54, 1.807) is 11.8 Å². The van der Waals surface area contributed by atoms with Crippen molar-refractivity contribution in [2.75, 3.05) is 32.2 Å². The lowest BCUT2D eigenvalue weighted by atomic mass is 9.96. The first kappa shape index (κ1) is 20.9. The maximum absolute atomic E-state index is 12.8. The van der Waals surface area contributed by atoms with Gasteiger partial charge in [0, 0.05) is 12.8 Å². The number of nitrogens with zero attached hydrogens (tertiary/aromatic N) is 3. The number of carbonyl (C=O) groups is 1. The Bertz CT molecular complexity index is 845. The molecular weight excluding hydrogens is 372 g/mol. The van der Waals surface area contributed by atoms with E-state index in [0.717, 1.165) is 30.6 Å². The smallest absolute Gasteiger partial charge is 0.338 e. The molecule has 0 aliphatic carbocycles. The third-order valence-electron chi connectivity index (χ3n) is 4.75. The molecule has 0 saturated heterocycles. The number of anilines is 1. The monoisotopic (exact) mass is 400 g/mol. The highest BCUT2D eigenvalue weighted by Crippen LogP contribution is 2.35. The van der Waals surface area contributed by atoms with Crippen LogP contribution in [-0.4, -0.2) is 47.7 Å². The van der Waals surface area contributed by atoms with Crippen molar-refractivity contribution in [3.05, 3.63) is 47.4 Å². The lowest BCUT2D eigenvalue weighted by Crippen LogP contribution is -2.30. The number of rotatable bonds is 10. The van der Waals surface area contributed by atoms with E-state index >= 15 is 0 Å². The van der Waals surface area contributed by atoms with Gasteiger partial charge in [0.15, 0.2) is 0 Å². The number of benzene rings is 1. The van der Waals surface area contributed by atoms with Crippen LogP contribution in [0.2, 0.25) is 0 Å². The number of nitrogens with one attached hydrogen (secondary N) is 1. The standard InChI is InChI=1S/C21H28N4O4/c1-4-5-6-11-28-17-9-7-16(8-10-17)19-18(20(26)29-13-12-27-3)15(2)24-21-22-14-23-25(19)21/h7-10,14,19H,4-6,11-13H2,1-3H3,(H,22,23,24)/t19-/m0/s1. The Balaban J connectivity index is 1.83. The fourth-order valence-electron chi connectivity index (χ4n) is 3.25. The van der Waals surface area contributed by atoms with E-state index < -0.39 is 12.0 Å². The molecular formula is C21H28N4O4. The van der Waals surface area contributed by atoms with Gasteiger partial charge in [0.05, 0.1) is 18.8 Å². The SMILES string of the molecule is CCCCCOc1ccc([C@H]2C(C(=O)OCCOC)=C(C)Nc3ncnn32)cc1. The number of aromatic nitrogens is 3. The zero-order valence-corrected chi connectivity index (χ0v) is 17.2. The summed E-state index contributed by atoms with van der Waals surface area (Å²) in [6.07, 6.45) is 4.81. The van der Waals surface area contributed by atoms with Crippen LogP contribution in [-0.2, 0) is 14.3 Å². The number of methoxy groups -OCH3 is 1. The molecule has 3 rings (SSSR count). The number of esters is 1. The van der Waals surface area contributed by atoms with Crippen molar-refractivity contribution in [3.8, 4) is 5.75 Å². The van der Waals surface area contributed by atoms with E-state index in [1.165, 1.54) is 6.33 Å². The fraction of sp³-hybridized carbons (Fsp3) is 0.476. The number of hydrogen-bond acceptors (Lipinski definition) is 7. The van der Waals surface area contributed by atoms with Crippen LogP contribution in [0.3, 0.4) is 0 Å². The van der Waals surface area contributed by atoms with Gasteiger partial charge in [-0.05, 0) is 31.0 Å². The lowest BCUT2D eigenvalue weighted by Gasteiger charge is -2.28. The summed E-state index contributed by atoms with van der Waals surface area (Å²) in [5.74, 6) is 0.987. The van der Waals surface area contributed by atoms with E-state index in [1.807, 2.05) is 31.2 Å². The van der Waals surface area contributed by atoms with Crippen LogP contribution in [0, 0.1) is 0 Å². The molecule has 0 spiro atoms. The van der Waals surface area contributed by atoms with Crippen LogP contribution in [0.4, 0.5) is 5.95 Å². The van der Waals surface area contributed by atoms with Crippen LogP contribution < -0.4 is 10.1 Å². The van der Waals surface area contributed by atoms with Crippen molar-refractivity contribution in [1.29, 1.82) is 0 Å². The average Bonchev–Trinajstić information content (AvgIpc) is 3.19. The molecule has 1 N–H and O–H groups in total. The first-order chi connectivity index (χ1) is 14.2. The Morgan fingerprint density at radius 2 is 1.97 bits per heavy atom. The molecule has 0 saturated carbocycles. The first-order valence-corrected chi connectivity index (χ1v) is 9.91. The van der Waals surface area contributed by atoms with Crippen LogP contribution in [0.1, 0.15) is 44.7 Å². The molecule has 1 aromatic heterocycles. The van der Waals surface area contributed by atoms with Gasteiger partial charge < -0.3 is 19.5 Å². The minimum atomic E-state index is -0.432. The molecule has 0 bridgehead atoms. The summed E-state index contributed by atoms with van der Waals surface area (Å²) in [4.78, 5) is 17.0. The Morgan fingerprint density at radius 3 is 2.69 bits per heavy atom. The van der Waals surface area contributed by atoms with Gasteiger partial charge in [-0.15, -0.1) is 0 Å². The summed E-state index contributed by atoms with van der Waals surface area (Å²) >= 11 is 0. The molecule has 8 nitrogen and oxygen atoms in total. The number of allylic oxidation sites excluding steroid dienone is 1. The molecule has 8 heteroatoms. The maximum atomic E-state index is 12.8. The molecule has 156 valence electrons. The number of hydrogen-bond donors (Lipinski definition) is 1. The van der Waals surface area contributed by atoms with Crippen molar-refractivity contribution in [3.63, 3.8) is 0 Å². The number of unbranched alkanes of at least 4 members (excludes halogenated alkanes) is 2. The molecule has 29 heavy (non-hydrogen) atoms. The van der Waals surface area contributed by atoms with Crippen LogP contribution in [0.5, 0.6) is 5.75 Å². The number of carbonyl (C=O) groups excluding carboxylic acids is 1. The minimum Gasteiger partial charge on any atom is -0.494 e. The molecule has 1 aliphatic heterocycles. The van der Waals surface area contributed by atoms with E-state index in [9.17, 15) is 4.79 Å². The van der Waals surface area contributed by atoms with Gasteiger partial charge in [-0.3, -0.25) is 0 Å². The molecule has 2 heterocycles. The highest BCUT2D eigenvalue weighted by atomic mass is 16.6. The van der Waals surface area contributed by atoms with Gasteiger partial charge in [-0.1, -0.05) is 31.9 Å². The predicted molar refractivity (Wildman–Crippen MR) is 109 cm³/mol. The van der Waals surface area contributed by atoms with Crippen LogP contribution >= 0.6 is 0 Å². The van der Waals surface area contributed by atoms with E-state index in [0.29, 0.717) is 30.4 Å². The quantitative estimate of drug-likeness (QED) is 0.483. The summed E-state index contributed by atoms with van der Waals surface area (Å²) in [6.45, 7) is 5.23. The molecule has 1 atom stereocenters. The molecule has 0 fully saturated rings. The molecule has 2 aromatic rings. The second kappa shape index (κ2) is 10.1. The van der Waals surface area contributed by atoms with Gasteiger partial charge in [0.2, 0.25) is 5.95 Å². The van der Waals surface area contributed by atoms with E-state index in [2.05, 4.69) is 22.3 Å². The Kier molecular flexibility index (Phi) is 7.24. The Hall–Kier alpha value is -2.87. The van der Waals surface area contributed by atoms with Gasteiger partial charge in [-0.25, -0.2) is 9.48 Å². The largest absolute Gasteiger partial charge is 0.494 e. The molecule has 0 unspecified atom stereocenters. The summed E-state index contributed by atoms with van der Waals surface area (Å²) in [6, 6.07) is 7.31. The summed E-state index contributed by atoms with van der Waals surface area (Å²) < 4.78 is 17.9. The highest BCUT2D eigenvalue weighted by Gasteiger charge is 2.34. The Labute approximate surface area is 170 Å². The van der Waals surface area contributed by atoms with Crippen molar-refractivity contribution in [1.82, 2.24) is 14.8 Å². The Morgan fingerprint density at radius 1 is 1.17 bits per heavy atom. The summed E-state index contributed by atoms with van der Waals surface area (Å²) in [5, 5.41) is 7.44. The first-order valence-electron chi connectivity index (χ1n) is 9.91. The third-order valence-corrected chi connectivity index (χ3v) is 4.75. The molecule has 0 amide bonds. The number of fused-ring (bicyclic) bond motifs is 1. The van der Waals surface area contributed by atoms with E-state index in [4.69, 9.17) is 14.2 Å². The molecule has 0 radical (unpaired) electrons. The van der Waals surface area contributed by atoms with Gasteiger partial charge >= 0.3 is 5.97 Å². The van der Waals surface area contributed by atoms with Crippen molar-refractivity contribution < 1.29 is 19.0 Å². The maximum Gasteiger partial charge on any atom is 0.338 e. The van der Waals surface area contributed by atoms with Gasteiger partial charge in [0.25, 0.3) is 0 Å². The molecule has 1 aromatic carbocycles. The average molecular weight is 400 g/mol. The fourth-order valence-corrected chi connectivity index (χ4v) is 3.25. The zero-order chi connectivity index (χ0) is 20.6. The third kappa shape index (κ3) is 4.95. The highest BCUT2D eigenvalue weighted by molar-refractivity contribution is 5.92. The van der Waals surface area contributed by atoms with Crippen molar-refractivity contribution in [2.24, 2.45) is 0 Å².